The lowest BCUT2D eigenvalue weighted by Gasteiger charge is -2.14. The molecule has 0 heterocycles. The zero-order chi connectivity index (χ0) is 15.0. The summed E-state index contributed by atoms with van der Waals surface area (Å²) in [5.74, 6) is 0.625. The van der Waals surface area contributed by atoms with Gasteiger partial charge in [-0.15, -0.1) is 0 Å². The van der Waals surface area contributed by atoms with Crippen LogP contribution in [-0.2, 0) is 11.3 Å². The molecule has 0 aliphatic rings. The van der Waals surface area contributed by atoms with Crippen LogP contribution in [0.2, 0.25) is 5.02 Å². The molecule has 0 radical (unpaired) electrons. The fourth-order valence-corrected chi connectivity index (χ4v) is 1.55. The second-order valence-electron chi connectivity index (χ2n) is 4.46. The molecule has 0 atom stereocenters. The van der Waals surface area contributed by atoms with Crippen LogP contribution >= 0.6 is 11.6 Å². The van der Waals surface area contributed by atoms with Crippen molar-refractivity contribution in [2.24, 2.45) is 4.99 Å². The summed E-state index contributed by atoms with van der Waals surface area (Å²) >= 11 is 5.84. The number of hydrogen-bond donors (Lipinski definition) is 2. The van der Waals surface area contributed by atoms with Crippen LogP contribution in [0.15, 0.2) is 29.3 Å². The summed E-state index contributed by atoms with van der Waals surface area (Å²) < 4.78 is 0. The van der Waals surface area contributed by atoms with Crippen LogP contribution in [0.5, 0.6) is 0 Å². The fourth-order valence-electron chi connectivity index (χ4n) is 1.42. The van der Waals surface area contributed by atoms with Crippen molar-refractivity contribution in [1.82, 2.24) is 15.5 Å². The highest BCUT2D eigenvalue weighted by Crippen LogP contribution is 2.09. The Bertz CT molecular complexity index is 457. The first-order valence-corrected chi connectivity index (χ1v) is 6.87. The molecule has 110 valence electrons. The van der Waals surface area contributed by atoms with Crippen LogP contribution < -0.4 is 10.6 Å². The number of aliphatic imine (C=N–C) groups is 1. The van der Waals surface area contributed by atoms with Gasteiger partial charge in [0, 0.05) is 25.7 Å². The Balaban J connectivity index is 2.58. The first-order valence-electron chi connectivity index (χ1n) is 6.49. The van der Waals surface area contributed by atoms with E-state index in [1.54, 1.807) is 14.1 Å². The Labute approximate surface area is 125 Å². The molecule has 6 heteroatoms. The molecule has 1 aromatic rings. The van der Waals surface area contributed by atoms with Crippen molar-refractivity contribution in [3.8, 4) is 0 Å². The molecule has 0 unspecified atom stereocenters. The summed E-state index contributed by atoms with van der Waals surface area (Å²) in [5, 5.41) is 6.81. The predicted molar refractivity (Wildman–Crippen MR) is 83.0 cm³/mol. The van der Waals surface area contributed by atoms with Crippen molar-refractivity contribution in [3.05, 3.63) is 34.9 Å². The van der Waals surface area contributed by atoms with Crippen LogP contribution in [0, 0.1) is 0 Å². The first kappa shape index (κ1) is 16.3. The summed E-state index contributed by atoms with van der Waals surface area (Å²) in [7, 11) is 3.45. The number of halogens is 1. The average molecular weight is 297 g/mol. The minimum Gasteiger partial charge on any atom is -0.357 e. The maximum atomic E-state index is 11.5. The smallest absolute Gasteiger partial charge is 0.241 e. The summed E-state index contributed by atoms with van der Waals surface area (Å²) in [4.78, 5) is 17.5. The number of amides is 1. The number of rotatable bonds is 5. The molecule has 1 rings (SSSR count). The normalized spacial score (nSPS) is 11.1. The average Bonchev–Trinajstić information content (AvgIpc) is 2.43. The zero-order valence-corrected chi connectivity index (χ0v) is 12.9. The van der Waals surface area contributed by atoms with Crippen molar-refractivity contribution in [2.75, 3.05) is 27.2 Å². The van der Waals surface area contributed by atoms with E-state index in [0.717, 1.165) is 12.1 Å². The van der Waals surface area contributed by atoms with E-state index in [0.29, 0.717) is 17.5 Å². The van der Waals surface area contributed by atoms with Gasteiger partial charge in [0.1, 0.15) is 0 Å². The summed E-state index contributed by atoms with van der Waals surface area (Å²) in [6.45, 7) is 3.47. The minimum atomic E-state index is 0.00194. The van der Waals surface area contributed by atoms with Gasteiger partial charge in [-0.2, -0.15) is 0 Å². The topological polar surface area (TPSA) is 56.7 Å². The molecular weight excluding hydrogens is 276 g/mol. The van der Waals surface area contributed by atoms with E-state index in [4.69, 9.17) is 11.6 Å². The molecule has 0 fully saturated rings. The lowest BCUT2D eigenvalue weighted by Crippen LogP contribution is -2.42. The first-order chi connectivity index (χ1) is 9.52. The van der Waals surface area contributed by atoms with Gasteiger partial charge in [-0.1, -0.05) is 23.7 Å². The highest BCUT2D eigenvalue weighted by molar-refractivity contribution is 6.30. The number of guanidine groups is 1. The molecule has 0 spiro atoms. The van der Waals surface area contributed by atoms with E-state index in [2.05, 4.69) is 15.6 Å². The number of nitrogens with one attached hydrogen (secondary N) is 2. The van der Waals surface area contributed by atoms with Crippen molar-refractivity contribution >= 4 is 23.5 Å². The van der Waals surface area contributed by atoms with Crippen LogP contribution in [0.25, 0.3) is 0 Å². The van der Waals surface area contributed by atoms with Crippen LogP contribution in [0.3, 0.4) is 0 Å². The molecule has 1 amide bonds. The molecule has 20 heavy (non-hydrogen) atoms. The van der Waals surface area contributed by atoms with Gasteiger partial charge in [-0.25, -0.2) is 4.99 Å². The molecule has 0 aliphatic carbocycles. The quantitative estimate of drug-likeness (QED) is 0.639. The van der Waals surface area contributed by atoms with Gasteiger partial charge in [0.25, 0.3) is 0 Å². The Morgan fingerprint density at radius 2 is 1.90 bits per heavy atom. The third-order valence-corrected chi connectivity index (χ3v) is 2.84. The van der Waals surface area contributed by atoms with Gasteiger partial charge in [0.05, 0.1) is 13.1 Å². The van der Waals surface area contributed by atoms with Gasteiger partial charge in [0.15, 0.2) is 5.96 Å². The lowest BCUT2D eigenvalue weighted by molar-refractivity contribution is -0.127. The van der Waals surface area contributed by atoms with E-state index < -0.39 is 0 Å². The van der Waals surface area contributed by atoms with Crippen LogP contribution in [0.4, 0.5) is 0 Å². The number of carbonyl (C=O) groups is 1. The third kappa shape index (κ3) is 5.93. The Kier molecular flexibility index (Phi) is 6.87. The Morgan fingerprint density at radius 1 is 1.25 bits per heavy atom. The molecule has 0 aromatic heterocycles. The van der Waals surface area contributed by atoms with Gasteiger partial charge < -0.3 is 15.5 Å². The van der Waals surface area contributed by atoms with Crippen LogP contribution in [-0.4, -0.2) is 44.0 Å². The maximum Gasteiger partial charge on any atom is 0.241 e. The molecule has 0 saturated carbocycles. The molecule has 5 nitrogen and oxygen atoms in total. The maximum absolute atomic E-state index is 11.5. The van der Waals surface area contributed by atoms with E-state index in [9.17, 15) is 4.79 Å². The zero-order valence-electron chi connectivity index (χ0n) is 12.1. The Hall–Kier alpha value is -1.75. The summed E-state index contributed by atoms with van der Waals surface area (Å²) in [5.41, 5.74) is 1.06. The van der Waals surface area contributed by atoms with Crippen molar-refractivity contribution in [1.29, 1.82) is 0 Å². The lowest BCUT2D eigenvalue weighted by atomic mass is 10.2. The van der Waals surface area contributed by atoms with Crippen molar-refractivity contribution in [3.63, 3.8) is 0 Å². The predicted octanol–water partition coefficient (Wildman–Crippen LogP) is 1.48. The van der Waals surface area contributed by atoms with Gasteiger partial charge in [-0.05, 0) is 24.6 Å². The molecule has 0 saturated heterocycles. The summed E-state index contributed by atoms with van der Waals surface area (Å²) in [6.07, 6.45) is 0. The van der Waals surface area contributed by atoms with Crippen molar-refractivity contribution < 1.29 is 4.79 Å². The monoisotopic (exact) mass is 296 g/mol. The molecule has 0 aliphatic heterocycles. The number of nitrogens with zero attached hydrogens (tertiary/aromatic N) is 2. The number of benzene rings is 1. The third-order valence-electron chi connectivity index (χ3n) is 2.58. The standard InChI is InChI=1S/C14H21ClN4O/c1-4-16-14(18-10-13(20)19(2)3)17-9-11-5-7-12(15)8-6-11/h5-8H,4,9-10H2,1-3H3,(H2,16,17,18). The SMILES string of the molecule is CCNC(=NCc1ccc(Cl)cc1)NCC(=O)N(C)C. The summed E-state index contributed by atoms with van der Waals surface area (Å²) in [6, 6.07) is 7.53. The van der Waals surface area contributed by atoms with Gasteiger partial charge in [0.2, 0.25) is 5.91 Å². The van der Waals surface area contributed by atoms with E-state index in [1.807, 2.05) is 31.2 Å². The second-order valence-corrected chi connectivity index (χ2v) is 4.90. The largest absolute Gasteiger partial charge is 0.357 e. The molecule has 2 N–H and O–H groups in total. The van der Waals surface area contributed by atoms with E-state index in [-0.39, 0.29) is 12.5 Å². The number of likely N-dealkylation sites (N-methyl/N-ethyl adjacent to an activating group) is 1. The molecular formula is C14H21ClN4O. The molecule has 0 bridgehead atoms. The fraction of sp³-hybridized carbons (Fsp3) is 0.429. The highest BCUT2D eigenvalue weighted by atomic mass is 35.5. The van der Waals surface area contributed by atoms with Crippen molar-refractivity contribution in [2.45, 2.75) is 13.5 Å². The molecule has 1 aromatic carbocycles. The number of hydrogen-bond acceptors (Lipinski definition) is 2. The number of carbonyl (C=O) groups excluding carboxylic acids is 1. The second kappa shape index (κ2) is 8.43. The van der Waals surface area contributed by atoms with Gasteiger partial charge >= 0.3 is 0 Å². The Morgan fingerprint density at radius 3 is 2.45 bits per heavy atom. The highest BCUT2D eigenvalue weighted by Gasteiger charge is 2.05. The minimum absolute atomic E-state index is 0.00194. The van der Waals surface area contributed by atoms with Crippen LogP contribution in [0.1, 0.15) is 12.5 Å². The van der Waals surface area contributed by atoms with Gasteiger partial charge in [-0.3, -0.25) is 4.79 Å². The van der Waals surface area contributed by atoms with E-state index in [1.165, 1.54) is 4.90 Å². The van der Waals surface area contributed by atoms with E-state index >= 15 is 0 Å².